The summed E-state index contributed by atoms with van der Waals surface area (Å²) in [6, 6.07) is 11.7. The smallest absolute Gasteiger partial charge is 0.245 e. The predicted molar refractivity (Wildman–Crippen MR) is 109 cm³/mol. The molecule has 0 aliphatic heterocycles. The summed E-state index contributed by atoms with van der Waals surface area (Å²) >= 11 is 6.05. The van der Waals surface area contributed by atoms with Gasteiger partial charge in [0.05, 0.1) is 18.0 Å². The third-order valence-corrected chi connectivity index (χ3v) is 5.28. The molecule has 2 aromatic rings. The molecule has 0 atom stereocenters. The fraction of sp³-hybridized carbons (Fsp3) is 0.316. The van der Waals surface area contributed by atoms with Gasteiger partial charge in [-0.1, -0.05) is 17.7 Å². The van der Waals surface area contributed by atoms with E-state index in [-0.39, 0.29) is 12.6 Å². The Balaban J connectivity index is 2.20. The second-order valence-corrected chi connectivity index (χ2v) is 8.70. The van der Waals surface area contributed by atoms with Gasteiger partial charge in [-0.25, -0.2) is 8.42 Å². The molecule has 0 radical (unpaired) electrons. The zero-order chi connectivity index (χ0) is 20.2. The highest BCUT2D eigenvalue weighted by molar-refractivity contribution is 7.92. The van der Waals surface area contributed by atoms with Crippen molar-refractivity contribution in [3.05, 3.63) is 53.1 Å². The summed E-state index contributed by atoms with van der Waals surface area (Å²) in [6.07, 6.45) is 1.07. The van der Waals surface area contributed by atoms with Gasteiger partial charge < -0.3 is 10.1 Å². The highest BCUT2D eigenvalue weighted by Crippen LogP contribution is 2.24. The van der Waals surface area contributed by atoms with Crippen LogP contribution in [0, 0.1) is 6.92 Å². The van der Waals surface area contributed by atoms with Gasteiger partial charge in [-0.05, 0) is 62.7 Å². The van der Waals surface area contributed by atoms with Crippen LogP contribution in [0.4, 0.5) is 11.4 Å². The van der Waals surface area contributed by atoms with Crippen molar-refractivity contribution in [1.29, 1.82) is 0 Å². The fourth-order valence-electron chi connectivity index (χ4n) is 2.43. The van der Waals surface area contributed by atoms with Gasteiger partial charge in [-0.2, -0.15) is 0 Å². The second kappa shape index (κ2) is 8.63. The van der Waals surface area contributed by atoms with E-state index in [4.69, 9.17) is 16.3 Å². The molecule has 0 aliphatic rings. The lowest BCUT2D eigenvalue weighted by Gasteiger charge is -2.22. The van der Waals surface area contributed by atoms with Crippen LogP contribution >= 0.6 is 11.6 Å². The molecule has 0 saturated carbocycles. The molecule has 6 nitrogen and oxygen atoms in total. The van der Waals surface area contributed by atoms with Gasteiger partial charge >= 0.3 is 0 Å². The zero-order valence-electron chi connectivity index (χ0n) is 15.7. The quantitative estimate of drug-likeness (QED) is 0.752. The highest BCUT2D eigenvalue weighted by Gasteiger charge is 2.21. The molecule has 1 N–H and O–H groups in total. The lowest BCUT2D eigenvalue weighted by molar-refractivity contribution is -0.114. The van der Waals surface area contributed by atoms with E-state index in [9.17, 15) is 13.2 Å². The van der Waals surface area contributed by atoms with Gasteiger partial charge in [0.25, 0.3) is 0 Å². The second-order valence-electron chi connectivity index (χ2n) is 6.39. The van der Waals surface area contributed by atoms with Crippen LogP contribution in [-0.4, -0.2) is 33.2 Å². The van der Waals surface area contributed by atoms with Crippen LogP contribution in [0.15, 0.2) is 42.5 Å². The average Bonchev–Trinajstić information content (AvgIpc) is 2.56. The fourth-order valence-corrected chi connectivity index (χ4v) is 3.46. The molecule has 2 rings (SSSR count). The molecule has 8 heteroatoms. The number of carbonyl (C=O) groups is 1. The van der Waals surface area contributed by atoms with Crippen LogP contribution in [0.3, 0.4) is 0 Å². The summed E-state index contributed by atoms with van der Waals surface area (Å²) in [5, 5.41) is 3.23. The van der Waals surface area contributed by atoms with Crippen LogP contribution in [0.2, 0.25) is 5.02 Å². The van der Waals surface area contributed by atoms with Gasteiger partial charge in [0.15, 0.2) is 0 Å². The number of ether oxygens (including phenoxy) is 1. The minimum atomic E-state index is -3.65. The maximum Gasteiger partial charge on any atom is 0.245 e. The summed E-state index contributed by atoms with van der Waals surface area (Å²) in [4.78, 5) is 12.4. The molecule has 0 saturated heterocycles. The van der Waals surface area contributed by atoms with Crippen molar-refractivity contribution < 1.29 is 17.9 Å². The first kappa shape index (κ1) is 21.1. The Labute approximate surface area is 165 Å². The van der Waals surface area contributed by atoms with E-state index in [1.807, 2.05) is 13.8 Å². The van der Waals surface area contributed by atoms with E-state index in [2.05, 4.69) is 5.32 Å². The molecule has 27 heavy (non-hydrogen) atoms. The Kier molecular flexibility index (Phi) is 6.73. The average molecular weight is 411 g/mol. The van der Waals surface area contributed by atoms with Crippen LogP contribution in [0.1, 0.15) is 19.4 Å². The molecule has 2 aromatic carbocycles. The minimum Gasteiger partial charge on any atom is -0.491 e. The molecule has 0 bridgehead atoms. The van der Waals surface area contributed by atoms with E-state index >= 15 is 0 Å². The Hall–Kier alpha value is -2.25. The first-order chi connectivity index (χ1) is 12.6. The van der Waals surface area contributed by atoms with Crippen LogP contribution in [-0.2, 0) is 14.8 Å². The molecule has 0 fully saturated rings. The normalized spacial score (nSPS) is 11.3. The molecule has 1 amide bonds. The van der Waals surface area contributed by atoms with Crippen LogP contribution in [0.25, 0.3) is 0 Å². The van der Waals surface area contributed by atoms with E-state index < -0.39 is 15.9 Å². The lowest BCUT2D eigenvalue weighted by Crippen LogP contribution is -2.37. The standard InChI is InChI=1S/C19H23ClN2O4S/c1-13(2)26-16-10-8-15(9-11-16)22(27(4,24)25)12-19(23)21-18-7-5-6-17(20)14(18)3/h5-11,13H,12H2,1-4H3,(H,21,23). The number of benzene rings is 2. The molecular weight excluding hydrogens is 388 g/mol. The summed E-state index contributed by atoms with van der Waals surface area (Å²) in [5.41, 5.74) is 1.64. The minimum absolute atomic E-state index is 0.00794. The van der Waals surface area contributed by atoms with Gasteiger partial charge in [0.1, 0.15) is 12.3 Å². The number of nitrogens with one attached hydrogen (secondary N) is 1. The number of rotatable bonds is 7. The molecule has 146 valence electrons. The number of hydrogen-bond acceptors (Lipinski definition) is 4. The van der Waals surface area contributed by atoms with Crippen molar-refractivity contribution in [2.45, 2.75) is 26.9 Å². The Morgan fingerprint density at radius 1 is 1.19 bits per heavy atom. The number of anilines is 2. The molecule has 0 heterocycles. The monoisotopic (exact) mass is 410 g/mol. The number of carbonyl (C=O) groups excluding carboxylic acids is 1. The van der Waals surface area contributed by atoms with Crippen molar-refractivity contribution in [1.82, 2.24) is 0 Å². The van der Waals surface area contributed by atoms with Crippen molar-refractivity contribution in [2.75, 3.05) is 22.4 Å². The Morgan fingerprint density at radius 2 is 1.81 bits per heavy atom. The van der Waals surface area contributed by atoms with Crippen molar-refractivity contribution >= 4 is 38.9 Å². The number of amides is 1. The van der Waals surface area contributed by atoms with Gasteiger partial charge in [0, 0.05) is 10.7 Å². The van der Waals surface area contributed by atoms with E-state index in [0.717, 1.165) is 10.6 Å². The van der Waals surface area contributed by atoms with Gasteiger partial charge in [0.2, 0.25) is 15.9 Å². The summed E-state index contributed by atoms with van der Waals surface area (Å²) in [7, 11) is -3.65. The summed E-state index contributed by atoms with van der Waals surface area (Å²) in [5.74, 6) is 0.162. The third kappa shape index (κ3) is 5.87. The number of sulfonamides is 1. The maximum absolute atomic E-state index is 12.4. The summed E-state index contributed by atoms with van der Waals surface area (Å²) < 4.78 is 31.0. The lowest BCUT2D eigenvalue weighted by atomic mass is 10.2. The maximum atomic E-state index is 12.4. The molecule has 0 aliphatic carbocycles. The molecule has 0 unspecified atom stereocenters. The van der Waals surface area contributed by atoms with Gasteiger partial charge in [-0.3, -0.25) is 9.10 Å². The molecule has 0 aromatic heterocycles. The van der Waals surface area contributed by atoms with E-state index in [1.165, 1.54) is 0 Å². The molecular formula is C19H23ClN2O4S. The third-order valence-electron chi connectivity index (χ3n) is 3.73. The first-order valence-electron chi connectivity index (χ1n) is 8.37. The van der Waals surface area contributed by atoms with Crippen LogP contribution in [0.5, 0.6) is 5.75 Å². The zero-order valence-corrected chi connectivity index (χ0v) is 17.3. The van der Waals surface area contributed by atoms with Crippen molar-refractivity contribution in [3.8, 4) is 5.75 Å². The van der Waals surface area contributed by atoms with Crippen molar-refractivity contribution in [3.63, 3.8) is 0 Å². The van der Waals surface area contributed by atoms with Crippen LogP contribution < -0.4 is 14.4 Å². The number of hydrogen-bond donors (Lipinski definition) is 1. The largest absolute Gasteiger partial charge is 0.491 e. The number of halogens is 1. The van der Waals surface area contributed by atoms with Crippen molar-refractivity contribution in [2.24, 2.45) is 0 Å². The van der Waals surface area contributed by atoms with E-state index in [1.54, 1.807) is 49.4 Å². The Bertz CT molecular complexity index is 912. The SMILES string of the molecule is Cc1c(Cl)cccc1NC(=O)CN(c1ccc(OC(C)C)cc1)S(C)(=O)=O. The highest BCUT2D eigenvalue weighted by atomic mass is 35.5. The van der Waals surface area contributed by atoms with E-state index in [0.29, 0.717) is 27.7 Å². The first-order valence-corrected chi connectivity index (χ1v) is 10.6. The number of nitrogens with zero attached hydrogens (tertiary/aromatic N) is 1. The summed E-state index contributed by atoms with van der Waals surface area (Å²) in [6.45, 7) is 5.23. The topological polar surface area (TPSA) is 75.7 Å². The molecule has 0 spiro atoms. The van der Waals surface area contributed by atoms with Gasteiger partial charge in [-0.15, -0.1) is 0 Å². The Morgan fingerprint density at radius 3 is 2.37 bits per heavy atom. The predicted octanol–water partition coefficient (Wildman–Crippen LogP) is 3.84.